The van der Waals surface area contributed by atoms with Gasteiger partial charge < -0.3 is 24.2 Å². The van der Waals surface area contributed by atoms with E-state index in [0.717, 1.165) is 72.8 Å². The van der Waals surface area contributed by atoms with Crippen LogP contribution in [0.25, 0.3) is 16.7 Å². The maximum Gasteiger partial charge on any atom is 0.140 e. The van der Waals surface area contributed by atoms with Crippen molar-refractivity contribution in [3.05, 3.63) is 54.7 Å². The van der Waals surface area contributed by atoms with Crippen LogP contribution in [0.4, 0.5) is 5.69 Å². The molecular weight excluding hydrogens is 378 g/mol. The van der Waals surface area contributed by atoms with Crippen LogP contribution >= 0.6 is 0 Å². The van der Waals surface area contributed by atoms with Gasteiger partial charge in [0.2, 0.25) is 0 Å². The summed E-state index contributed by atoms with van der Waals surface area (Å²) in [7, 11) is 0. The van der Waals surface area contributed by atoms with E-state index in [2.05, 4.69) is 33.3 Å². The van der Waals surface area contributed by atoms with Crippen molar-refractivity contribution in [2.24, 2.45) is 5.41 Å². The fraction of sp³-hybridized carbons (Fsp3) is 0.391. The summed E-state index contributed by atoms with van der Waals surface area (Å²) in [4.78, 5) is 12.1. The fourth-order valence-electron chi connectivity index (χ4n) is 5.21. The molecule has 2 N–H and O–H groups in total. The number of anilines is 1. The average Bonchev–Trinajstić information content (AvgIpc) is 3.35. The van der Waals surface area contributed by atoms with Crippen LogP contribution in [-0.2, 0) is 4.74 Å². The highest BCUT2D eigenvalue weighted by Crippen LogP contribution is 2.56. The average molecular weight is 403 g/mol. The molecule has 1 aliphatic carbocycles. The van der Waals surface area contributed by atoms with Gasteiger partial charge in [-0.15, -0.1) is 0 Å². The molecule has 2 saturated heterocycles. The van der Waals surface area contributed by atoms with Gasteiger partial charge in [-0.25, -0.2) is 9.97 Å². The molecule has 6 heterocycles. The Bertz CT molecular complexity index is 1220. The molecule has 0 unspecified atom stereocenters. The van der Waals surface area contributed by atoms with E-state index in [1.165, 1.54) is 0 Å². The number of hydrogen-bond donors (Lipinski definition) is 2. The van der Waals surface area contributed by atoms with E-state index in [-0.39, 0.29) is 11.0 Å². The molecule has 30 heavy (non-hydrogen) atoms. The minimum Gasteiger partial charge on any atom is -0.493 e. The topological polar surface area (TPSA) is 76.5 Å². The van der Waals surface area contributed by atoms with Crippen LogP contribution in [0, 0.1) is 12.3 Å². The maximum atomic E-state index is 6.24. The first-order chi connectivity index (χ1) is 14.6. The molecule has 154 valence electrons. The molecule has 0 aromatic carbocycles. The highest BCUT2D eigenvalue weighted by Gasteiger charge is 2.58. The van der Waals surface area contributed by atoms with Crippen molar-refractivity contribution in [3.63, 3.8) is 0 Å². The van der Waals surface area contributed by atoms with Gasteiger partial charge in [0.05, 0.1) is 12.2 Å². The fourth-order valence-corrected chi connectivity index (χ4v) is 5.21. The van der Waals surface area contributed by atoms with Crippen LogP contribution in [0.2, 0.25) is 0 Å². The normalized spacial score (nSPS) is 25.4. The zero-order valence-electron chi connectivity index (χ0n) is 17.0. The molecular formula is C23H25N5O2. The van der Waals surface area contributed by atoms with E-state index < -0.39 is 0 Å². The summed E-state index contributed by atoms with van der Waals surface area (Å²) in [6.45, 7) is 4.38. The predicted molar refractivity (Wildman–Crippen MR) is 115 cm³/mol. The highest BCUT2D eigenvalue weighted by molar-refractivity contribution is 5.89. The number of nitrogens with zero attached hydrogens (tertiary/aromatic N) is 3. The summed E-state index contributed by atoms with van der Waals surface area (Å²) in [5.74, 6) is 0.882. The molecule has 0 atom stereocenters. The molecule has 2 aliphatic heterocycles. The Morgan fingerprint density at radius 2 is 2.13 bits per heavy atom. The van der Waals surface area contributed by atoms with Crippen LogP contribution in [0.5, 0.6) is 5.75 Å². The zero-order chi connectivity index (χ0) is 20.2. The van der Waals surface area contributed by atoms with E-state index >= 15 is 0 Å². The minimum absolute atomic E-state index is 0.102. The Kier molecular flexibility index (Phi) is 3.83. The summed E-state index contributed by atoms with van der Waals surface area (Å²) in [6.07, 6.45) is 10.7. The third-order valence-corrected chi connectivity index (χ3v) is 6.62. The number of aromatic amines is 1. The molecule has 1 saturated carbocycles. The molecule has 7 rings (SSSR count). The molecule has 3 aliphatic rings. The van der Waals surface area contributed by atoms with Gasteiger partial charge in [0.15, 0.2) is 0 Å². The monoisotopic (exact) mass is 403 g/mol. The van der Waals surface area contributed by atoms with Crippen LogP contribution in [0.15, 0.2) is 49.1 Å². The van der Waals surface area contributed by atoms with E-state index in [0.29, 0.717) is 0 Å². The molecule has 2 bridgehead atoms. The SMILES string of the molecule is Cc1cc2c(NCC34CC(COc5ccn6ccnc6c5)(CCO3)C4)ccnc2[nH]1. The van der Waals surface area contributed by atoms with Gasteiger partial charge >= 0.3 is 0 Å². The van der Waals surface area contributed by atoms with Crippen LogP contribution < -0.4 is 10.1 Å². The molecule has 0 spiro atoms. The smallest absolute Gasteiger partial charge is 0.140 e. The van der Waals surface area contributed by atoms with E-state index in [1.807, 2.05) is 41.2 Å². The Morgan fingerprint density at radius 1 is 1.20 bits per heavy atom. The van der Waals surface area contributed by atoms with Crippen molar-refractivity contribution >= 4 is 22.4 Å². The van der Waals surface area contributed by atoms with E-state index in [9.17, 15) is 0 Å². The number of pyridine rings is 2. The van der Waals surface area contributed by atoms with Crippen molar-refractivity contribution < 1.29 is 9.47 Å². The number of fused-ring (bicyclic) bond motifs is 4. The first-order valence-electron chi connectivity index (χ1n) is 10.5. The third kappa shape index (κ3) is 2.92. The summed E-state index contributed by atoms with van der Waals surface area (Å²) < 4.78 is 14.4. The number of hydrogen-bond acceptors (Lipinski definition) is 5. The largest absolute Gasteiger partial charge is 0.493 e. The third-order valence-electron chi connectivity index (χ3n) is 6.62. The maximum absolute atomic E-state index is 6.24. The summed E-state index contributed by atoms with van der Waals surface area (Å²) in [5.41, 5.74) is 4.16. The molecule has 4 aromatic rings. The number of aryl methyl sites for hydroxylation is 1. The molecule has 7 nitrogen and oxygen atoms in total. The number of nitrogens with one attached hydrogen (secondary N) is 2. The Morgan fingerprint density at radius 3 is 3.07 bits per heavy atom. The first kappa shape index (κ1) is 17.8. The second-order valence-corrected chi connectivity index (χ2v) is 8.91. The number of imidazole rings is 1. The van der Waals surface area contributed by atoms with Gasteiger partial charge in [-0.1, -0.05) is 0 Å². The van der Waals surface area contributed by atoms with Gasteiger partial charge in [-0.3, -0.25) is 0 Å². The molecule has 0 radical (unpaired) electrons. The molecule has 7 heteroatoms. The van der Waals surface area contributed by atoms with Gasteiger partial charge in [0.1, 0.15) is 17.0 Å². The number of ether oxygens (including phenoxy) is 2. The van der Waals surface area contributed by atoms with Crippen molar-refractivity contribution in [3.8, 4) is 5.75 Å². The zero-order valence-corrected chi connectivity index (χ0v) is 17.0. The van der Waals surface area contributed by atoms with Crippen molar-refractivity contribution in [1.82, 2.24) is 19.4 Å². The van der Waals surface area contributed by atoms with Crippen LogP contribution in [-0.4, -0.2) is 44.7 Å². The second-order valence-electron chi connectivity index (χ2n) is 8.91. The lowest BCUT2D eigenvalue weighted by molar-refractivity contribution is -0.225. The lowest BCUT2D eigenvalue weighted by atomic mass is 9.56. The first-order valence-corrected chi connectivity index (χ1v) is 10.5. The minimum atomic E-state index is -0.102. The molecule has 3 fully saturated rings. The molecule has 0 amide bonds. The van der Waals surface area contributed by atoms with Crippen molar-refractivity contribution in [2.45, 2.75) is 31.8 Å². The van der Waals surface area contributed by atoms with Crippen molar-refractivity contribution in [2.75, 3.05) is 25.1 Å². The number of H-pyrrole nitrogens is 1. The molecule has 4 aromatic heterocycles. The Balaban J connectivity index is 1.12. The van der Waals surface area contributed by atoms with E-state index in [1.54, 1.807) is 6.20 Å². The lowest BCUT2D eigenvalue weighted by Crippen LogP contribution is -2.63. The number of rotatable bonds is 6. The summed E-state index contributed by atoms with van der Waals surface area (Å²) >= 11 is 0. The van der Waals surface area contributed by atoms with Crippen LogP contribution in [0.1, 0.15) is 25.0 Å². The lowest BCUT2D eigenvalue weighted by Gasteiger charge is -2.59. The van der Waals surface area contributed by atoms with Crippen molar-refractivity contribution in [1.29, 1.82) is 0 Å². The quantitative estimate of drug-likeness (QED) is 0.510. The van der Waals surface area contributed by atoms with Gasteiger partial charge in [0, 0.05) is 66.2 Å². The summed E-state index contributed by atoms with van der Waals surface area (Å²) in [5, 5.41) is 4.75. The van der Waals surface area contributed by atoms with Gasteiger partial charge in [-0.05, 0) is 44.4 Å². The highest BCUT2D eigenvalue weighted by atomic mass is 16.5. The Hall–Kier alpha value is -3.06. The second kappa shape index (κ2) is 6.47. The van der Waals surface area contributed by atoms with Crippen LogP contribution in [0.3, 0.4) is 0 Å². The standard InChI is InChI=1S/C23H25N5O2/c1-16-10-18-19(2-5-25-21(18)27-16)26-14-23-12-22(13-23,4-9-30-23)15-29-17-3-7-28-8-6-24-20(28)11-17/h2-3,5-8,10-11H,4,9,12-15H2,1H3,(H2,25,26,27). The van der Waals surface area contributed by atoms with Gasteiger partial charge in [-0.2, -0.15) is 0 Å². The summed E-state index contributed by atoms with van der Waals surface area (Å²) in [6, 6.07) is 8.18. The number of aromatic nitrogens is 4. The predicted octanol–water partition coefficient (Wildman–Crippen LogP) is 3.95. The van der Waals surface area contributed by atoms with Gasteiger partial charge in [0.25, 0.3) is 0 Å². The van der Waals surface area contributed by atoms with E-state index in [4.69, 9.17) is 9.47 Å². The Labute approximate surface area is 174 Å².